The van der Waals surface area contributed by atoms with Crippen LogP contribution in [0.2, 0.25) is 5.02 Å². The third-order valence-electron chi connectivity index (χ3n) is 4.46. The molecule has 2 rings (SSSR count). The van der Waals surface area contributed by atoms with Crippen LogP contribution in [0.25, 0.3) is 0 Å². The lowest BCUT2D eigenvalue weighted by Gasteiger charge is -2.35. The molecule has 0 amide bonds. The van der Waals surface area contributed by atoms with Crippen molar-refractivity contribution in [3.8, 4) is 5.75 Å². The molecule has 0 heterocycles. The molecule has 2 unspecified atom stereocenters. The van der Waals surface area contributed by atoms with E-state index in [2.05, 4.69) is 25.2 Å². The van der Waals surface area contributed by atoms with E-state index in [0.717, 1.165) is 24.1 Å². The number of rotatable bonds is 5. The molecule has 1 N–H and O–H groups in total. The largest absolute Gasteiger partial charge is 0.495 e. The quantitative estimate of drug-likeness (QED) is 0.853. The topological polar surface area (TPSA) is 21.3 Å². The molecule has 20 heavy (non-hydrogen) atoms. The molecule has 0 spiro atoms. The van der Waals surface area contributed by atoms with Gasteiger partial charge in [-0.25, -0.2) is 0 Å². The van der Waals surface area contributed by atoms with Gasteiger partial charge in [-0.3, -0.25) is 0 Å². The Balaban J connectivity index is 1.95. The summed E-state index contributed by atoms with van der Waals surface area (Å²) in [5.41, 5.74) is 1.23. The molecule has 0 radical (unpaired) electrons. The van der Waals surface area contributed by atoms with E-state index in [9.17, 15) is 0 Å². The van der Waals surface area contributed by atoms with E-state index in [-0.39, 0.29) is 0 Å². The van der Waals surface area contributed by atoms with Crippen molar-refractivity contribution >= 4 is 11.6 Å². The van der Waals surface area contributed by atoms with E-state index in [4.69, 9.17) is 16.3 Å². The fourth-order valence-corrected chi connectivity index (χ4v) is 3.56. The van der Waals surface area contributed by atoms with Crippen LogP contribution in [0.3, 0.4) is 0 Å². The third kappa shape index (κ3) is 3.89. The first-order valence-electron chi connectivity index (χ1n) is 7.67. The molecule has 3 heteroatoms. The predicted molar refractivity (Wildman–Crippen MR) is 85.4 cm³/mol. The van der Waals surface area contributed by atoms with Crippen molar-refractivity contribution in [2.24, 2.45) is 11.8 Å². The average Bonchev–Trinajstić information content (AvgIpc) is 2.45. The lowest BCUT2D eigenvalue weighted by Crippen LogP contribution is -2.40. The summed E-state index contributed by atoms with van der Waals surface area (Å²) >= 11 is 6.18. The molecular formula is C17H26ClNO. The van der Waals surface area contributed by atoms with E-state index in [1.165, 1.54) is 31.2 Å². The Morgan fingerprint density at radius 1 is 1.30 bits per heavy atom. The van der Waals surface area contributed by atoms with Crippen LogP contribution in [0.4, 0.5) is 0 Å². The van der Waals surface area contributed by atoms with Crippen LogP contribution in [0.1, 0.15) is 45.1 Å². The highest BCUT2D eigenvalue weighted by atomic mass is 35.5. The maximum Gasteiger partial charge on any atom is 0.137 e. The molecule has 1 aromatic rings. The Morgan fingerprint density at radius 2 is 2.05 bits per heavy atom. The van der Waals surface area contributed by atoms with Gasteiger partial charge in [0.2, 0.25) is 0 Å². The second-order valence-electron chi connectivity index (χ2n) is 6.15. The normalized spacial score (nSPS) is 23.1. The van der Waals surface area contributed by atoms with Crippen molar-refractivity contribution in [1.29, 1.82) is 0 Å². The van der Waals surface area contributed by atoms with Crippen LogP contribution in [0.15, 0.2) is 18.2 Å². The number of ether oxygens (including phenoxy) is 1. The average molecular weight is 296 g/mol. The minimum atomic E-state index is 0.643. The zero-order valence-corrected chi connectivity index (χ0v) is 13.5. The molecule has 2 atom stereocenters. The molecule has 1 aliphatic rings. The minimum absolute atomic E-state index is 0.643. The maximum absolute atomic E-state index is 6.18. The zero-order chi connectivity index (χ0) is 14.5. The zero-order valence-electron chi connectivity index (χ0n) is 12.8. The fourth-order valence-electron chi connectivity index (χ4n) is 3.28. The van der Waals surface area contributed by atoms with Crippen molar-refractivity contribution in [3.63, 3.8) is 0 Å². The number of hydrogen-bond acceptors (Lipinski definition) is 2. The minimum Gasteiger partial charge on any atom is -0.495 e. The summed E-state index contributed by atoms with van der Waals surface area (Å²) in [6.45, 7) is 5.57. The summed E-state index contributed by atoms with van der Waals surface area (Å²) in [4.78, 5) is 0. The number of nitrogens with one attached hydrogen (secondary N) is 1. The van der Waals surface area contributed by atoms with Crippen LogP contribution in [0.5, 0.6) is 5.75 Å². The van der Waals surface area contributed by atoms with Crippen molar-refractivity contribution in [1.82, 2.24) is 5.32 Å². The molecule has 0 aromatic heterocycles. The van der Waals surface area contributed by atoms with Crippen LogP contribution in [0, 0.1) is 11.8 Å². The first-order chi connectivity index (χ1) is 9.61. The standard InChI is InChI=1S/C17H26ClNO/c1-12(2)14-6-4-5-7-16(14)19-11-13-8-9-17(20-3)15(18)10-13/h8-10,12,14,16,19H,4-7,11H2,1-3H3. The first-order valence-corrected chi connectivity index (χ1v) is 8.05. The molecule has 1 aliphatic carbocycles. The summed E-state index contributed by atoms with van der Waals surface area (Å²) in [5, 5.41) is 4.43. The lowest BCUT2D eigenvalue weighted by molar-refractivity contribution is 0.204. The second-order valence-corrected chi connectivity index (χ2v) is 6.56. The summed E-state index contributed by atoms with van der Waals surface area (Å²) < 4.78 is 5.19. The first kappa shape index (κ1) is 15.7. The number of halogens is 1. The van der Waals surface area contributed by atoms with E-state index < -0.39 is 0 Å². The van der Waals surface area contributed by atoms with Gasteiger partial charge in [-0.1, -0.05) is 44.4 Å². The summed E-state index contributed by atoms with van der Waals surface area (Å²) in [5.74, 6) is 2.30. The molecule has 1 saturated carbocycles. The summed E-state index contributed by atoms with van der Waals surface area (Å²) in [6, 6.07) is 6.68. The highest BCUT2D eigenvalue weighted by Crippen LogP contribution is 2.31. The van der Waals surface area contributed by atoms with Gasteiger partial charge in [0, 0.05) is 12.6 Å². The van der Waals surface area contributed by atoms with E-state index >= 15 is 0 Å². The van der Waals surface area contributed by atoms with Gasteiger partial charge in [0.05, 0.1) is 12.1 Å². The van der Waals surface area contributed by atoms with Gasteiger partial charge < -0.3 is 10.1 Å². The molecule has 0 saturated heterocycles. The van der Waals surface area contributed by atoms with Crippen molar-refractivity contribution in [2.75, 3.05) is 7.11 Å². The van der Waals surface area contributed by atoms with Gasteiger partial charge >= 0.3 is 0 Å². The van der Waals surface area contributed by atoms with Crippen LogP contribution >= 0.6 is 11.6 Å². The Kier molecular flexibility index (Phi) is 5.74. The highest BCUT2D eigenvalue weighted by Gasteiger charge is 2.26. The van der Waals surface area contributed by atoms with E-state index in [1.54, 1.807) is 7.11 Å². The molecule has 2 nitrogen and oxygen atoms in total. The Morgan fingerprint density at radius 3 is 2.70 bits per heavy atom. The fraction of sp³-hybridized carbons (Fsp3) is 0.647. The van der Waals surface area contributed by atoms with E-state index in [0.29, 0.717) is 11.1 Å². The van der Waals surface area contributed by atoms with Crippen LogP contribution in [-0.4, -0.2) is 13.2 Å². The molecule has 0 bridgehead atoms. The maximum atomic E-state index is 6.18. The SMILES string of the molecule is COc1ccc(CNC2CCCCC2C(C)C)cc1Cl. The number of hydrogen-bond donors (Lipinski definition) is 1. The van der Waals surface area contributed by atoms with Gasteiger partial charge in [0.25, 0.3) is 0 Å². The van der Waals surface area contributed by atoms with Crippen LogP contribution < -0.4 is 10.1 Å². The molecule has 0 aliphatic heterocycles. The third-order valence-corrected chi connectivity index (χ3v) is 4.76. The predicted octanol–water partition coefficient (Wildman–Crippen LogP) is 4.65. The van der Waals surface area contributed by atoms with Gasteiger partial charge in [-0.2, -0.15) is 0 Å². The number of methoxy groups -OCH3 is 1. The monoisotopic (exact) mass is 295 g/mol. The summed E-state index contributed by atoms with van der Waals surface area (Å²) in [6.07, 6.45) is 5.39. The second kappa shape index (κ2) is 7.33. The van der Waals surface area contributed by atoms with Crippen LogP contribution in [-0.2, 0) is 6.54 Å². The Labute approximate surface area is 127 Å². The van der Waals surface area contributed by atoms with Gasteiger partial charge in [0.1, 0.15) is 5.75 Å². The van der Waals surface area contributed by atoms with Gasteiger partial charge in [-0.05, 0) is 42.4 Å². The van der Waals surface area contributed by atoms with Crippen molar-refractivity contribution < 1.29 is 4.74 Å². The molecule has 112 valence electrons. The highest BCUT2D eigenvalue weighted by molar-refractivity contribution is 6.32. The lowest BCUT2D eigenvalue weighted by atomic mass is 9.78. The molecule has 1 aromatic carbocycles. The number of benzene rings is 1. The van der Waals surface area contributed by atoms with Gasteiger partial charge in [-0.15, -0.1) is 0 Å². The summed E-state index contributed by atoms with van der Waals surface area (Å²) in [7, 11) is 1.65. The van der Waals surface area contributed by atoms with Crippen molar-refractivity contribution in [3.05, 3.63) is 28.8 Å². The molecular weight excluding hydrogens is 270 g/mol. The smallest absolute Gasteiger partial charge is 0.137 e. The Bertz CT molecular complexity index is 433. The Hall–Kier alpha value is -0.730. The molecule has 1 fully saturated rings. The van der Waals surface area contributed by atoms with Gasteiger partial charge in [0.15, 0.2) is 0 Å². The van der Waals surface area contributed by atoms with Crippen molar-refractivity contribution in [2.45, 2.75) is 52.1 Å². The van der Waals surface area contributed by atoms with E-state index in [1.807, 2.05) is 12.1 Å².